The minimum atomic E-state index is -0.632. The van der Waals surface area contributed by atoms with Gasteiger partial charge in [0.25, 0.3) is 5.91 Å². The van der Waals surface area contributed by atoms with Crippen LogP contribution in [-0.4, -0.2) is 53.1 Å². The van der Waals surface area contributed by atoms with Crippen LogP contribution in [0.4, 0.5) is 5.69 Å². The van der Waals surface area contributed by atoms with Gasteiger partial charge in [-0.15, -0.1) is 12.4 Å². The van der Waals surface area contributed by atoms with Gasteiger partial charge in [-0.25, -0.2) is 10.5 Å². The lowest BCUT2D eigenvalue weighted by molar-refractivity contribution is -0.126. The third-order valence-electron chi connectivity index (χ3n) is 5.22. The van der Waals surface area contributed by atoms with Crippen LogP contribution in [0.2, 0.25) is 0 Å². The number of pyridine rings is 1. The first kappa shape index (κ1) is 25.1. The zero-order valence-corrected chi connectivity index (χ0v) is 19.1. The highest BCUT2D eigenvalue weighted by atomic mass is 35.5. The topological polar surface area (TPSA) is 85.8 Å². The molecule has 3 rings (SSSR count). The van der Waals surface area contributed by atoms with Crippen LogP contribution < -0.4 is 10.4 Å². The van der Waals surface area contributed by atoms with Gasteiger partial charge in [0.05, 0.1) is 11.4 Å². The number of hydrogen-bond acceptors (Lipinski definition) is 5. The van der Waals surface area contributed by atoms with Gasteiger partial charge < -0.3 is 9.80 Å². The van der Waals surface area contributed by atoms with Crippen molar-refractivity contribution in [3.63, 3.8) is 0 Å². The number of benzene rings is 1. The quantitative estimate of drug-likeness (QED) is 0.394. The lowest BCUT2D eigenvalue weighted by Gasteiger charge is -2.35. The van der Waals surface area contributed by atoms with E-state index in [2.05, 4.69) is 48.0 Å². The van der Waals surface area contributed by atoms with Crippen LogP contribution in [0.25, 0.3) is 12.2 Å². The summed E-state index contributed by atoms with van der Waals surface area (Å²) in [6, 6.07) is 14.0. The Kier molecular flexibility index (Phi) is 9.43. The molecule has 32 heavy (non-hydrogen) atoms. The smallest absolute Gasteiger partial charge is 0.267 e. The van der Waals surface area contributed by atoms with E-state index in [4.69, 9.17) is 5.21 Å². The number of carbonyl (C=O) groups excluding carboxylic acids is 2. The van der Waals surface area contributed by atoms with Crippen molar-refractivity contribution in [1.29, 1.82) is 0 Å². The SMILES string of the molecule is CC(C)c1ccc(N2CCN(C(=O)C=Cc3cccc(C=CC(=O)NO)n3)CC2)cc1.Cl. The zero-order chi connectivity index (χ0) is 22.2. The summed E-state index contributed by atoms with van der Waals surface area (Å²) >= 11 is 0. The Bertz CT molecular complexity index is 965. The highest BCUT2D eigenvalue weighted by Crippen LogP contribution is 2.21. The van der Waals surface area contributed by atoms with E-state index in [1.807, 2.05) is 4.90 Å². The molecule has 1 saturated heterocycles. The summed E-state index contributed by atoms with van der Waals surface area (Å²) in [7, 11) is 0. The molecule has 0 spiro atoms. The first-order valence-electron chi connectivity index (χ1n) is 10.4. The highest BCUT2D eigenvalue weighted by molar-refractivity contribution is 5.92. The van der Waals surface area contributed by atoms with Gasteiger partial charge in [0.2, 0.25) is 5.91 Å². The molecule has 0 radical (unpaired) electrons. The van der Waals surface area contributed by atoms with E-state index in [0.29, 0.717) is 30.4 Å². The van der Waals surface area contributed by atoms with Gasteiger partial charge >= 0.3 is 0 Å². The first-order valence-corrected chi connectivity index (χ1v) is 10.4. The Labute approximate surface area is 194 Å². The van der Waals surface area contributed by atoms with Gasteiger partial charge in [-0.1, -0.05) is 32.0 Å². The normalized spacial score (nSPS) is 14.1. The third kappa shape index (κ3) is 6.93. The van der Waals surface area contributed by atoms with Crippen LogP contribution in [-0.2, 0) is 9.59 Å². The van der Waals surface area contributed by atoms with Crippen molar-refractivity contribution in [2.75, 3.05) is 31.1 Å². The van der Waals surface area contributed by atoms with E-state index < -0.39 is 5.91 Å². The third-order valence-corrected chi connectivity index (χ3v) is 5.22. The lowest BCUT2D eigenvalue weighted by atomic mass is 10.0. The summed E-state index contributed by atoms with van der Waals surface area (Å²) in [4.78, 5) is 32.1. The monoisotopic (exact) mass is 456 g/mol. The van der Waals surface area contributed by atoms with Crippen LogP contribution in [0.5, 0.6) is 0 Å². The minimum absolute atomic E-state index is 0. The predicted octanol–water partition coefficient (Wildman–Crippen LogP) is 3.51. The Morgan fingerprint density at radius 1 is 0.969 bits per heavy atom. The summed E-state index contributed by atoms with van der Waals surface area (Å²) in [5.41, 5.74) is 5.21. The maximum atomic E-state index is 12.6. The van der Waals surface area contributed by atoms with Crippen LogP contribution in [0.15, 0.2) is 54.6 Å². The van der Waals surface area contributed by atoms with Gasteiger partial charge in [0, 0.05) is 44.0 Å². The molecule has 2 amide bonds. The van der Waals surface area contributed by atoms with E-state index >= 15 is 0 Å². The zero-order valence-electron chi connectivity index (χ0n) is 18.3. The van der Waals surface area contributed by atoms with E-state index in [-0.39, 0.29) is 18.3 Å². The number of rotatable bonds is 6. The van der Waals surface area contributed by atoms with Crippen molar-refractivity contribution in [2.45, 2.75) is 19.8 Å². The lowest BCUT2D eigenvalue weighted by Crippen LogP contribution is -2.48. The number of hydroxylamine groups is 1. The van der Waals surface area contributed by atoms with E-state index in [1.165, 1.54) is 35.0 Å². The molecular weight excluding hydrogens is 428 g/mol. The highest BCUT2D eigenvalue weighted by Gasteiger charge is 2.19. The number of nitrogens with one attached hydrogen (secondary N) is 1. The average Bonchev–Trinajstić information content (AvgIpc) is 2.81. The van der Waals surface area contributed by atoms with Gasteiger partial charge in [0.15, 0.2) is 0 Å². The fourth-order valence-corrected chi connectivity index (χ4v) is 3.37. The summed E-state index contributed by atoms with van der Waals surface area (Å²) < 4.78 is 0. The Hall–Kier alpha value is -3.16. The van der Waals surface area contributed by atoms with Crippen LogP contribution in [0.3, 0.4) is 0 Å². The van der Waals surface area contributed by atoms with Gasteiger partial charge in [0.1, 0.15) is 0 Å². The molecule has 0 atom stereocenters. The second-order valence-corrected chi connectivity index (χ2v) is 7.69. The molecule has 7 nitrogen and oxygen atoms in total. The van der Waals surface area contributed by atoms with Crippen molar-refractivity contribution in [1.82, 2.24) is 15.4 Å². The van der Waals surface area contributed by atoms with Crippen molar-refractivity contribution < 1.29 is 14.8 Å². The molecule has 2 heterocycles. The van der Waals surface area contributed by atoms with Crippen molar-refractivity contribution in [2.24, 2.45) is 0 Å². The van der Waals surface area contributed by atoms with E-state index in [1.54, 1.807) is 24.3 Å². The predicted molar refractivity (Wildman–Crippen MR) is 129 cm³/mol. The Morgan fingerprint density at radius 2 is 1.56 bits per heavy atom. The molecule has 0 aliphatic carbocycles. The molecule has 0 saturated carbocycles. The fourth-order valence-electron chi connectivity index (χ4n) is 3.37. The average molecular weight is 457 g/mol. The molecule has 1 aliphatic heterocycles. The van der Waals surface area contributed by atoms with Crippen molar-refractivity contribution in [3.8, 4) is 0 Å². The number of aromatic nitrogens is 1. The number of carbonyl (C=O) groups is 2. The van der Waals surface area contributed by atoms with Gasteiger partial charge in [-0.05, 0) is 47.9 Å². The molecule has 1 aromatic heterocycles. The number of anilines is 1. The van der Waals surface area contributed by atoms with E-state index in [9.17, 15) is 9.59 Å². The van der Waals surface area contributed by atoms with Crippen molar-refractivity contribution in [3.05, 3.63) is 71.6 Å². The van der Waals surface area contributed by atoms with E-state index in [0.717, 1.165) is 13.1 Å². The summed E-state index contributed by atoms with van der Waals surface area (Å²) in [5.74, 6) is -0.160. The minimum Gasteiger partial charge on any atom is -0.368 e. The molecule has 8 heteroatoms. The number of nitrogens with zero attached hydrogens (tertiary/aromatic N) is 3. The number of piperazine rings is 1. The molecule has 170 valence electrons. The van der Waals surface area contributed by atoms with Crippen LogP contribution in [0, 0.1) is 0 Å². The van der Waals surface area contributed by atoms with Crippen LogP contribution in [0.1, 0.15) is 36.7 Å². The van der Waals surface area contributed by atoms with Gasteiger partial charge in [-0.2, -0.15) is 0 Å². The standard InChI is InChI=1S/C24H28N4O3.ClH/c1-18(2)19-6-10-22(11-7-19)27-14-16-28(17-15-27)24(30)13-9-21-5-3-4-20(25-21)8-12-23(29)26-31;/h3-13,18,31H,14-17H2,1-2H3,(H,26,29);1H. The Balaban J connectivity index is 0.00000363. The molecule has 1 aliphatic rings. The largest absolute Gasteiger partial charge is 0.368 e. The Morgan fingerprint density at radius 3 is 2.12 bits per heavy atom. The van der Waals surface area contributed by atoms with Gasteiger partial charge in [-0.3, -0.25) is 14.8 Å². The summed E-state index contributed by atoms with van der Waals surface area (Å²) in [5, 5.41) is 8.52. The molecule has 0 bridgehead atoms. The molecule has 1 aromatic carbocycles. The molecule has 2 aromatic rings. The van der Waals surface area contributed by atoms with Crippen LogP contribution >= 0.6 is 12.4 Å². The number of halogens is 1. The molecule has 2 N–H and O–H groups in total. The summed E-state index contributed by atoms with van der Waals surface area (Å²) in [6.07, 6.45) is 5.86. The molecule has 1 fully saturated rings. The molecular formula is C24H29ClN4O3. The number of amides is 2. The first-order chi connectivity index (χ1) is 15.0. The maximum Gasteiger partial charge on any atom is 0.267 e. The second-order valence-electron chi connectivity index (χ2n) is 7.69. The van der Waals surface area contributed by atoms with Crippen molar-refractivity contribution >= 4 is 42.1 Å². The maximum absolute atomic E-state index is 12.6. The molecule has 0 unspecified atom stereocenters. The fraction of sp³-hybridized carbons (Fsp3) is 0.292. The second kappa shape index (κ2) is 12.0. The summed E-state index contributed by atoms with van der Waals surface area (Å²) in [6.45, 7) is 7.30. The number of hydrogen-bond donors (Lipinski definition) is 2.